The molecule has 124 valence electrons. The molecule has 2 rings (SSSR count). The summed E-state index contributed by atoms with van der Waals surface area (Å²) in [5, 5.41) is 8.31. The Bertz CT molecular complexity index is 962. The van der Waals surface area contributed by atoms with Crippen LogP contribution in [-0.4, -0.2) is 27.0 Å². The van der Waals surface area contributed by atoms with E-state index in [4.69, 9.17) is 16.9 Å². The third-order valence-corrected chi connectivity index (χ3v) is 4.97. The SMILES string of the molecule is Cc1cc(N(C)c2cccc(C#N)c2)c(S(C)(=O)=O)cc1C(=O)Cl. The molecule has 0 radical (unpaired) electrons. The summed E-state index contributed by atoms with van der Waals surface area (Å²) in [6.45, 7) is 1.69. The van der Waals surface area contributed by atoms with Crippen molar-refractivity contribution in [2.45, 2.75) is 11.8 Å². The Balaban J connectivity index is 2.70. The zero-order chi connectivity index (χ0) is 18.1. The number of halogens is 1. The first kappa shape index (κ1) is 18.0. The molecule has 0 aromatic heterocycles. The normalized spacial score (nSPS) is 11.0. The Labute approximate surface area is 146 Å². The highest BCUT2D eigenvalue weighted by molar-refractivity contribution is 7.90. The molecule has 0 saturated carbocycles. The molecular formula is C17H15ClN2O3S. The monoisotopic (exact) mass is 362 g/mol. The molecule has 0 bridgehead atoms. The molecule has 0 aliphatic rings. The summed E-state index contributed by atoms with van der Waals surface area (Å²) in [4.78, 5) is 13.2. The number of sulfone groups is 1. The van der Waals surface area contributed by atoms with Crippen molar-refractivity contribution in [1.82, 2.24) is 0 Å². The second kappa shape index (κ2) is 6.63. The van der Waals surface area contributed by atoms with Crippen molar-refractivity contribution in [2.75, 3.05) is 18.2 Å². The zero-order valence-corrected chi connectivity index (χ0v) is 14.9. The van der Waals surface area contributed by atoms with Gasteiger partial charge in [0.1, 0.15) is 0 Å². The third kappa shape index (κ3) is 3.58. The first-order valence-electron chi connectivity index (χ1n) is 6.93. The first-order valence-corrected chi connectivity index (χ1v) is 9.20. The smallest absolute Gasteiger partial charge is 0.252 e. The van der Waals surface area contributed by atoms with Crippen LogP contribution in [0.4, 0.5) is 11.4 Å². The Hall–Kier alpha value is -2.36. The number of hydrogen-bond donors (Lipinski definition) is 0. The van der Waals surface area contributed by atoms with Crippen LogP contribution in [0.1, 0.15) is 21.5 Å². The molecule has 0 atom stereocenters. The molecule has 7 heteroatoms. The lowest BCUT2D eigenvalue weighted by Crippen LogP contribution is -2.15. The van der Waals surface area contributed by atoms with Crippen LogP contribution in [0.2, 0.25) is 0 Å². The van der Waals surface area contributed by atoms with E-state index in [1.54, 1.807) is 49.2 Å². The molecule has 2 aromatic carbocycles. The van der Waals surface area contributed by atoms with E-state index in [0.717, 1.165) is 6.26 Å². The minimum Gasteiger partial charge on any atom is -0.344 e. The molecule has 0 aliphatic carbocycles. The summed E-state index contributed by atoms with van der Waals surface area (Å²) >= 11 is 5.54. The predicted molar refractivity (Wildman–Crippen MR) is 93.7 cm³/mol. The van der Waals surface area contributed by atoms with Gasteiger partial charge in [-0.15, -0.1) is 0 Å². The zero-order valence-electron chi connectivity index (χ0n) is 13.4. The van der Waals surface area contributed by atoms with Crippen LogP contribution in [0.3, 0.4) is 0 Å². The topological polar surface area (TPSA) is 78.2 Å². The highest BCUT2D eigenvalue weighted by Crippen LogP contribution is 2.33. The molecule has 5 nitrogen and oxygen atoms in total. The fourth-order valence-corrected chi connectivity index (χ4v) is 3.48. The van der Waals surface area contributed by atoms with Crippen LogP contribution in [0.5, 0.6) is 0 Å². The summed E-state index contributed by atoms with van der Waals surface area (Å²) < 4.78 is 24.3. The van der Waals surface area contributed by atoms with Gasteiger partial charge in [0.2, 0.25) is 0 Å². The van der Waals surface area contributed by atoms with Gasteiger partial charge < -0.3 is 4.90 Å². The van der Waals surface area contributed by atoms with Crippen molar-refractivity contribution in [3.63, 3.8) is 0 Å². The Morgan fingerprint density at radius 1 is 1.25 bits per heavy atom. The van der Waals surface area contributed by atoms with E-state index in [2.05, 4.69) is 0 Å². The number of carbonyl (C=O) groups is 1. The molecule has 0 unspecified atom stereocenters. The van der Waals surface area contributed by atoms with Crippen LogP contribution < -0.4 is 4.90 Å². The van der Waals surface area contributed by atoms with Crippen LogP contribution in [-0.2, 0) is 9.84 Å². The van der Waals surface area contributed by atoms with Gasteiger partial charge in [-0.25, -0.2) is 8.42 Å². The number of rotatable bonds is 4. The van der Waals surface area contributed by atoms with Gasteiger partial charge in [0.15, 0.2) is 9.84 Å². The standard InChI is InChI=1S/C17H15ClN2O3S/c1-11-7-15(16(24(3,22)23)9-14(11)17(18)21)20(2)13-6-4-5-12(8-13)10-19/h4-9H,1-3H3. The molecule has 2 aromatic rings. The van der Waals surface area contributed by atoms with Gasteiger partial charge in [0.25, 0.3) is 5.24 Å². The summed E-state index contributed by atoms with van der Waals surface area (Å²) in [5.41, 5.74) is 2.25. The average molecular weight is 363 g/mol. The fraction of sp³-hybridized carbons (Fsp3) is 0.176. The van der Waals surface area contributed by atoms with Crippen molar-refractivity contribution in [2.24, 2.45) is 0 Å². The van der Waals surface area contributed by atoms with E-state index >= 15 is 0 Å². The lowest BCUT2D eigenvalue weighted by Gasteiger charge is -2.23. The molecule has 0 N–H and O–H groups in total. The van der Waals surface area contributed by atoms with Gasteiger partial charge >= 0.3 is 0 Å². The van der Waals surface area contributed by atoms with Crippen molar-refractivity contribution in [3.8, 4) is 6.07 Å². The van der Waals surface area contributed by atoms with Crippen molar-refractivity contribution >= 4 is 38.1 Å². The largest absolute Gasteiger partial charge is 0.344 e. The maximum atomic E-state index is 12.2. The molecule has 0 saturated heterocycles. The minimum atomic E-state index is -3.59. The van der Waals surface area contributed by atoms with E-state index < -0.39 is 15.1 Å². The number of nitriles is 1. The van der Waals surface area contributed by atoms with Crippen LogP contribution in [0.15, 0.2) is 41.3 Å². The van der Waals surface area contributed by atoms with Gasteiger partial charge in [-0.2, -0.15) is 5.26 Å². The molecule has 24 heavy (non-hydrogen) atoms. The highest BCUT2D eigenvalue weighted by Gasteiger charge is 2.21. The number of aryl methyl sites for hydroxylation is 1. The number of anilines is 2. The van der Waals surface area contributed by atoms with Crippen LogP contribution >= 0.6 is 11.6 Å². The van der Waals surface area contributed by atoms with Crippen molar-refractivity contribution in [3.05, 3.63) is 53.1 Å². The van der Waals surface area contributed by atoms with Gasteiger partial charge in [-0.3, -0.25) is 4.79 Å². The van der Waals surface area contributed by atoms with Gasteiger partial charge in [0, 0.05) is 24.6 Å². The summed E-state index contributed by atoms with van der Waals surface area (Å²) in [6, 6.07) is 11.7. The average Bonchev–Trinajstić information content (AvgIpc) is 2.52. The number of nitrogens with zero attached hydrogens (tertiary/aromatic N) is 2. The maximum absolute atomic E-state index is 12.2. The highest BCUT2D eigenvalue weighted by atomic mass is 35.5. The van der Waals surface area contributed by atoms with Crippen molar-refractivity contribution in [1.29, 1.82) is 5.26 Å². The molecule has 0 heterocycles. The Morgan fingerprint density at radius 3 is 2.46 bits per heavy atom. The van der Waals surface area contributed by atoms with E-state index in [-0.39, 0.29) is 10.5 Å². The molecular weight excluding hydrogens is 348 g/mol. The van der Waals surface area contributed by atoms with Gasteiger partial charge in [0.05, 0.1) is 22.2 Å². The molecule has 0 fully saturated rings. The fourth-order valence-electron chi connectivity index (χ4n) is 2.37. The van der Waals surface area contributed by atoms with E-state index in [9.17, 15) is 13.2 Å². The van der Waals surface area contributed by atoms with Gasteiger partial charge in [-0.05, 0) is 54.4 Å². The van der Waals surface area contributed by atoms with E-state index in [1.165, 1.54) is 6.07 Å². The summed E-state index contributed by atoms with van der Waals surface area (Å²) in [6.07, 6.45) is 1.07. The second-order valence-electron chi connectivity index (χ2n) is 5.40. The Morgan fingerprint density at radius 2 is 1.92 bits per heavy atom. The van der Waals surface area contributed by atoms with Crippen molar-refractivity contribution < 1.29 is 13.2 Å². The minimum absolute atomic E-state index is 0.00182. The molecule has 0 aliphatic heterocycles. The first-order chi connectivity index (χ1) is 11.1. The molecule has 0 amide bonds. The summed E-state index contributed by atoms with van der Waals surface area (Å²) in [7, 11) is -1.90. The lowest BCUT2D eigenvalue weighted by molar-refractivity contribution is 0.108. The number of carbonyl (C=O) groups excluding carboxylic acids is 1. The van der Waals surface area contributed by atoms with Crippen LogP contribution in [0.25, 0.3) is 0 Å². The summed E-state index contributed by atoms with van der Waals surface area (Å²) in [5.74, 6) is 0. The lowest BCUT2D eigenvalue weighted by atomic mass is 10.1. The van der Waals surface area contributed by atoms with E-state index in [1.807, 2.05) is 6.07 Å². The second-order valence-corrected chi connectivity index (χ2v) is 7.73. The van der Waals surface area contributed by atoms with Crippen LogP contribution in [0, 0.1) is 18.3 Å². The molecule has 0 spiro atoms. The Kier molecular flexibility index (Phi) is 4.97. The maximum Gasteiger partial charge on any atom is 0.252 e. The predicted octanol–water partition coefficient (Wildman–Crippen LogP) is 3.42. The number of benzene rings is 2. The van der Waals surface area contributed by atoms with Gasteiger partial charge in [-0.1, -0.05) is 6.07 Å². The third-order valence-electron chi connectivity index (χ3n) is 3.64. The van der Waals surface area contributed by atoms with E-state index in [0.29, 0.717) is 22.5 Å². The quantitative estimate of drug-likeness (QED) is 0.779. The number of hydrogen-bond acceptors (Lipinski definition) is 5.